The Labute approximate surface area is 159 Å². The van der Waals surface area contributed by atoms with Gasteiger partial charge < -0.3 is 23.7 Å². The monoisotopic (exact) mass is 372 g/mol. The molecule has 27 heavy (non-hydrogen) atoms. The number of benzene rings is 2. The lowest BCUT2D eigenvalue weighted by Crippen LogP contribution is -2.10. The van der Waals surface area contributed by atoms with E-state index in [0.29, 0.717) is 23.9 Å². The molecule has 0 spiro atoms. The lowest BCUT2D eigenvalue weighted by Gasteiger charge is -2.08. The molecular formula is C21H24O6. The Hall–Kier alpha value is -3.15. The van der Waals surface area contributed by atoms with E-state index in [1.165, 1.54) is 6.08 Å². The topological polar surface area (TPSA) is 63.2 Å². The molecule has 0 aliphatic rings. The fourth-order valence-electron chi connectivity index (χ4n) is 2.28. The summed E-state index contributed by atoms with van der Waals surface area (Å²) < 4.78 is 26.5. The first kappa shape index (κ1) is 20.2. The van der Waals surface area contributed by atoms with Gasteiger partial charge in [0, 0.05) is 11.6 Å². The maximum absolute atomic E-state index is 11.8. The van der Waals surface area contributed by atoms with Gasteiger partial charge in [-0.05, 0) is 55.5 Å². The molecule has 144 valence electrons. The minimum absolute atomic E-state index is 0.144. The van der Waals surface area contributed by atoms with Crippen molar-refractivity contribution in [3.8, 4) is 23.0 Å². The summed E-state index contributed by atoms with van der Waals surface area (Å²) in [6.45, 7) is 2.95. The van der Waals surface area contributed by atoms with Crippen LogP contribution >= 0.6 is 0 Å². The number of rotatable bonds is 10. The van der Waals surface area contributed by atoms with Crippen LogP contribution in [0.5, 0.6) is 23.0 Å². The van der Waals surface area contributed by atoms with Crippen LogP contribution in [-0.2, 0) is 9.53 Å². The van der Waals surface area contributed by atoms with Crippen molar-refractivity contribution in [2.75, 3.05) is 34.0 Å². The van der Waals surface area contributed by atoms with Crippen molar-refractivity contribution in [1.82, 2.24) is 0 Å². The Kier molecular flexibility index (Phi) is 8.03. The second kappa shape index (κ2) is 10.8. The first-order valence-corrected chi connectivity index (χ1v) is 8.58. The normalized spacial score (nSPS) is 10.5. The van der Waals surface area contributed by atoms with E-state index in [2.05, 4.69) is 0 Å². The van der Waals surface area contributed by atoms with Gasteiger partial charge in [-0.15, -0.1) is 0 Å². The SMILES string of the molecule is CCOc1ccc(OCCOC(=O)/C=C/c2cc(OC)ccc2OC)cc1. The fraction of sp³-hybridized carbons (Fsp3) is 0.286. The van der Waals surface area contributed by atoms with Crippen molar-refractivity contribution in [2.45, 2.75) is 6.92 Å². The Balaban J connectivity index is 1.78. The van der Waals surface area contributed by atoms with Crippen LogP contribution in [0, 0.1) is 0 Å². The van der Waals surface area contributed by atoms with E-state index in [4.69, 9.17) is 23.7 Å². The molecule has 0 radical (unpaired) electrons. The van der Waals surface area contributed by atoms with Gasteiger partial charge >= 0.3 is 5.97 Å². The zero-order chi connectivity index (χ0) is 19.5. The van der Waals surface area contributed by atoms with Gasteiger partial charge in [0.15, 0.2) is 0 Å². The molecule has 2 aromatic rings. The molecule has 2 aromatic carbocycles. The molecule has 0 N–H and O–H groups in total. The summed E-state index contributed by atoms with van der Waals surface area (Å²) in [6.07, 6.45) is 2.96. The molecule has 0 aliphatic carbocycles. The molecule has 0 atom stereocenters. The molecule has 0 aromatic heterocycles. The summed E-state index contributed by atoms with van der Waals surface area (Å²) in [7, 11) is 3.14. The summed E-state index contributed by atoms with van der Waals surface area (Å²) in [5.41, 5.74) is 0.722. The van der Waals surface area contributed by atoms with E-state index in [-0.39, 0.29) is 13.2 Å². The first-order valence-electron chi connectivity index (χ1n) is 8.58. The second-order valence-electron chi connectivity index (χ2n) is 5.36. The highest BCUT2D eigenvalue weighted by molar-refractivity contribution is 5.87. The Morgan fingerprint density at radius 2 is 1.56 bits per heavy atom. The minimum atomic E-state index is -0.463. The molecule has 6 nitrogen and oxygen atoms in total. The summed E-state index contributed by atoms with van der Waals surface area (Å²) in [5, 5.41) is 0. The average molecular weight is 372 g/mol. The van der Waals surface area contributed by atoms with E-state index in [1.54, 1.807) is 38.5 Å². The number of carbonyl (C=O) groups excluding carboxylic acids is 1. The van der Waals surface area contributed by atoms with Crippen molar-refractivity contribution < 1.29 is 28.5 Å². The zero-order valence-corrected chi connectivity index (χ0v) is 15.8. The van der Waals surface area contributed by atoms with Gasteiger partial charge in [-0.3, -0.25) is 0 Å². The van der Waals surface area contributed by atoms with Crippen LogP contribution in [-0.4, -0.2) is 40.0 Å². The van der Waals surface area contributed by atoms with Crippen LogP contribution in [0.15, 0.2) is 48.5 Å². The molecular weight excluding hydrogens is 348 g/mol. The molecule has 0 aliphatic heterocycles. The van der Waals surface area contributed by atoms with Gasteiger partial charge in [0.2, 0.25) is 0 Å². The third kappa shape index (κ3) is 6.58. The van der Waals surface area contributed by atoms with Gasteiger partial charge in [0.25, 0.3) is 0 Å². The van der Waals surface area contributed by atoms with Gasteiger partial charge in [-0.25, -0.2) is 4.79 Å². The van der Waals surface area contributed by atoms with E-state index < -0.39 is 5.97 Å². The second-order valence-corrected chi connectivity index (χ2v) is 5.36. The molecule has 0 fully saturated rings. The lowest BCUT2D eigenvalue weighted by molar-refractivity contribution is -0.138. The zero-order valence-electron chi connectivity index (χ0n) is 15.8. The molecule has 6 heteroatoms. The molecule has 0 saturated heterocycles. The molecule has 0 heterocycles. The van der Waals surface area contributed by atoms with Gasteiger partial charge in [0.05, 0.1) is 20.8 Å². The summed E-state index contributed by atoms with van der Waals surface area (Å²) >= 11 is 0. The lowest BCUT2D eigenvalue weighted by atomic mass is 10.1. The quantitative estimate of drug-likeness (QED) is 0.360. The van der Waals surface area contributed by atoms with Crippen molar-refractivity contribution in [3.63, 3.8) is 0 Å². The predicted molar refractivity (Wildman–Crippen MR) is 103 cm³/mol. The van der Waals surface area contributed by atoms with Crippen LogP contribution in [0.3, 0.4) is 0 Å². The number of methoxy groups -OCH3 is 2. The minimum Gasteiger partial charge on any atom is -0.497 e. The maximum Gasteiger partial charge on any atom is 0.330 e. The standard InChI is InChI=1S/C21H24O6/c1-4-25-17-6-8-18(9-7-17)26-13-14-27-21(22)12-5-16-15-19(23-2)10-11-20(16)24-3/h5-12,15H,4,13-14H2,1-3H3/b12-5+. The molecule has 0 amide bonds. The predicted octanol–water partition coefficient (Wildman–Crippen LogP) is 3.74. The van der Waals surface area contributed by atoms with Gasteiger partial charge in [-0.2, -0.15) is 0 Å². The van der Waals surface area contributed by atoms with Crippen LogP contribution in [0.4, 0.5) is 0 Å². The smallest absolute Gasteiger partial charge is 0.330 e. The van der Waals surface area contributed by atoms with Crippen molar-refractivity contribution in [3.05, 3.63) is 54.1 Å². The number of ether oxygens (including phenoxy) is 5. The van der Waals surface area contributed by atoms with Gasteiger partial charge in [0.1, 0.15) is 36.2 Å². The molecule has 0 bridgehead atoms. The number of esters is 1. The van der Waals surface area contributed by atoms with Crippen molar-refractivity contribution in [1.29, 1.82) is 0 Å². The molecule has 2 rings (SSSR count). The summed E-state index contributed by atoms with van der Waals surface area (Å²) in [6, 6.07) is 12.6. The van der Waals surface area contributed by atoms with Crippen LogP contribution < -0.4 is 18.9 Å². The van der Waals surface area contributed by atoms with Crippen LogP contribution in [0.1, 0.15) is 12.5 Å². The first-order chi connectivity index (χ1) is 13.2. The summed E-state index contributed by atoms with van der Waals surface area (Å²) in [4.78, 5) is 11.8. The van der Waals surface area contributed by atoms with Crippen LogP contribution in [0.2, 0.25) is 0 Å². The van der Waals surface area contributed by atoms with Crippen molar-refractivity contribution >= 4 is 12.0 Å². The Morgan fingerprint density at radius 1 is 0.889 bits per heavy atom. The molecule has 0 saturated carbocycles. The highest BCUT2D eigenvalue weighted by atomic mass is 16.6. The highest BCUT2D eigenvalue weighted by Gasteiger charge is 2.04. The highest BCUT2D eigenvalue weighted by Crippen LogP contribution is 2.25. The third-order valence-corrected chi connectivity index (χ3v) is 3.57. The average Bonchev–Trinajstić information content (AvgIpc) is 2.70. The van der Waals surface area contributed by atoms with E-state index in [1.807, 2.05) is 31.2 Å². The van der Waals surface area contributed by atoms with E-state index in [0.717, 1.165) is 11.3 Å². The maximum atomic E-state index is 11.8. The Morgan fingerprint density at radius 3 is 2.19 bits per heavy atom. The molecule has 0 unspecified atom stereocenters. The summed E-state index contributed by atoms with van der Waals surface area (Å²) in [5.74, 6) is 2.32. The largest absolute Gasteiger partial charge is 0.497 e. The Bertz CT molecular complexity index is 752. The van der Waals surface area contributed by atoms with E-state index >= 15 is 0 Å². The number of carbonyl (C=O) groups is 1. The number of hydrogen-bond donors (Lipinski definition) is 0. The van der Waals surface area contributed by atoms with E-state index in [9.17, 15) is 4.79 Å². The third-order valence-electron chi connectivity index (χ3n) is 3.57. The number of hydrogen-bond acceptors (Lipinski definition) is 6. The van der Waals surface area contributed by atoms with Gasteiger partial charge in [-0.1, -0.05) is 0 Å². The van der Waals surface area contributed by atoms with Crippen molar-refractivity contribution in [2.24, 2.45) is 0 Å². The van der Waals surface area contributed by atoms with Crippen LogP contribution in [0.25, 0.3) is 6.08 Å². The fourth-order valence-corrected chi connectivity index (χ4v) is 2.28.